The Balaban J connectivity index is 1.31. The van der Waals surface area contributed by atoms with Crippen LogP contribution in [0, 0.1) is 0 Å². The molecule has 1 aromatic heterocycles. The van der Waals surface area contributed by atoms with Crippen molar-refractivity contribution in [2.24, 2.45) is 0 Å². The van der Waals surface area contributed by atoms with Crippen LogP contribution >= 0.6 is 23.2 Å². The third-order valence-corrected chi connectivity index (χ3v) is 5.88. The number of pyridine rings is 1. The lowest BCUT2D eigenvalue weighted by atomic mass is 10.2. The topological polar surface area (TPSA) is 39.7 Å². The van der Waals surface area contributed by atoms with E-state index in [0.717, 1.165) is 51.5 Å². The summed E-state index contributed by atoms with van der Waals surface area (Å²) in [5, 5.41) is 1.31. The van der Waals surface area contributed by atoms with Gasteiger partial charge in [-0.2, -0.15) is 0 Å². The van der Waals surface area contributed by atoms with Gasteiger partial charge in [-0.05, 0) is 42.8 Å². The molecule has 0 saturated carbocycles. The van der Waals surface area contributed by atoms with Gasteiger partial charge in [-0.25, -0.2) is 4.98 Å². The van der Waals surface area contributed by atoms with E-state index in [1.54, 1.807) is 30.5 Å². The van der Waals surface area contributed by atoms with Crippen molar-refractivity contribution < 1.29 is 4.79 Å². The Morgan fingerprint density at radius 2 is 1.63 bits per heavy atom. The first-order chi connectivity index (χ1) is 13.1. The van der Waals surface area contributed by atoms with Gasteiger partial charge in [0.05, 0.1) is 5.02 Å². The van der Waals surface area contributed by atoms with Gasteiger partial charge in [0, 0.05) is 62.1 Å². The summed E-state index contributed by atoms with van der Waals surface area (Å²) >= 11 is 11.8. The van der Waals surface area contributed by atoms with E-state index in [1.807, 2.05) is 17.0 Å². The number of benzene rings is 1. The van der Waals surface area contributed by atoms with Crippen molar-refractivity contribution in [3.05, 3.63) is 58.2 Å². The number of rotatable bonds is 3. The molecule has 1 amide bonds. The molecule has 142 valence electrons. The second kappa shape index (κ2) is 8.05. The Labute approximate surface area is 169 Å². The number of halogens is 2. The molecule has 2 fully saturated rings. The van der Waals surface area contributed by atoms with Gasteiger partial charge in [-0.1, -0.05) is 23.2 Å². The Bertz CT molecular complexity index is 789. The molecule has 1 unspecified atom stereocenters. The summed E-state index contributed by atoms with van der Waals surface area (Å²) in [7, 11) is 0. The van der Waals surface area contributed by atoms with Gasteiger partial charge in [0.15, 0.2) is 0 Å². The summed E-state index contributed by atoms with van der Waals surface area (Å²) in [6, 6.07) is 11.4. The number of carbonyl (C=O) groups is 1. The number of carbonyl (C=O) groups excluding carboxylic acids is 1. The molecule has 1 aromatic carbocycles. The van der Waals surface area contributed by atoms with E-state index < -0.39 is 0 Å². The highest BCUT2D eigenvalue weighted by Crippen LogP contribution is 2.22. The minimum Gasteiger partial charge on any atom is -0.354 e. The Kier molecular flexibility index (Phi) is 5.53. The fourth-order valence-electron chi connectivity index (χ4n) is 3.87. The van der Waals surface area contributed by atoms with Crippen LogP contribution in [0.5, 0.6) is 0 Å². The number of aromatic nitrogens is 1. The van der Waals surface area contributed by atoms with E-state index in [0.29, 0.717) is 21.7 Å². The smallest absolute Gasteiger partial charge is 0.253 e. The third kappa shape index (κ3) is 4.21. The fraction of sp³-hybridized carbons (Fsp3) is 0.400. The minimum absolute atomic E-state index is 0.0955. The summed E-state index contributed by atoms with van der Waals surface area (Å²) in [5.41, 5.74) is 0.707. The molecule has 0 aliphatic carbocycles. The number of nitrogens with zero attached hydrogens (tertiary/aromatic N) is 4. The summed E-state index contributed by atoms with van der Waals surface area (Å²) in [6.07, 6.45) is 2.72. The highest BCUT2D eigenvalue weighted by Gasteiger charge is 2.32. The number of likely N-dealkylation sites (tertiary alicyclic amines) is 1. The molecule has 0 N–H and O–H groups in total. The third-order valence-electron chi connectivity index (χ3n) is 5.41. The molecule has 2 aliphatic rings. The first-order valence-corrected chi connectivity index (χ1v) is 10.0. The van der Waals surface area contributed by atoms with Gasteiger partial charge in [-0.15, -0.1) is 0 Å². The molecular weight excluding hydrogens is 383 g/mol. The first-order valence-electron chi connectivity index (χ1n) is 9.25. The Morgan fingerprint density at radius 3 is 2.30 bits per heavy atom. The number of amides is 1. The van der Waals surface area contributed by atoms with E-state index in [1.165, 1.54) is 0 Å². The monoisotopic (exact) mass is 404 g/mol. The van der Waals surface area contributed by atoms with E-state index in [9.17, 15) is 4.79 Å². The van der Waals surface area contributed by atoms with E-state index >= 15 is 0 Å². The van der Waals surface area contributed by atoms with Crippen LogP contribution in [0.1, 0.15) is 16.8 Å². The lowest BCUT2D eigenvalue weighted by Crippen LogP contribution is -2.51. The highest BCUT2D eigenvalue weighted by atomic mass is 35.5. The summed E-state index contributed by atoms with van der Waals surface area (Å²) < 4.78 is 0. The van der Waals surface area contributed by atoms with Gasteiger partial charge in [-0.3, -0.25) is 9.69 Å². The fourth-order valence-corrected chi connectivity index (χ4v) is 4.11. The predicted molar refractivity (Wildman–Crippen MR) is 109 cm³/mol. The van der Waals surface area contributed by atoms with E-state index in [2.05, 4.69) is 14.8 Å². The molecule has 3 heterocycles. The van der Waals surface area contributed by atoms with Crippen molar-refractivity contribution >= 4 is 34.9 Å². The summed E-state index contributed by atoms with van der Waals surface area (Å²) in [4.78, 5) is 23.9. The SMILES string of the molecule is O=C(c1ccc(Cl)cc1)N1CCC(N2CCN(c3ccc(Cl)cn3)CC2)C1. The summed E-state index contributed by atoms with van der Waals surface area (Å²) in [5.74, 6) is 1.07. The zero-order valence-electron chi connectivity index (χ0n) is 15.0. The minimum atomic E-state index is 0.0955. The average Bonchev–Trinajstić information content (AvgIpc) is 3.19. The molecule has 0 radical (unpaired) electrons. The van der Waals surface area contributed by atoms with Crippen LogP contribution in [-0.4, -0.2) is 66.0 Å². The number of hydrogen-bond acceptors (Lipinski definition) is 4. The number of anilines is 1. The highest BCUT2D eigenvalue weighted by molar-refractivity contribution is 6.30. The summed E-state index contributed by atoms with van der Waals surface area (Å²) in [6.45, 7) is 5.45. The predicted octanol–water partition coefficient (Wildman–Crippen LogP) is 3.43. The van der Waals surface area contributed by atoms with Crippen molar-refractivity contribution in [3.63, 3.8) is 0 Å². The number of piperazine rings is 1. The Morgan fingerprint density at radius 1 is 0.926 bits per heavy atom. The van der Waals surface area contributed by atoms with Gasteiger partial charge in [0.1, 0.15) is 5.82 Å². The van der Waals surface area contributed by atoms with Crippen LogP contribution < -0.4 is 4.90 Å². The molecule has 7 heteroatoms. The zero-order valence-corrected chi connectivity index (χ0v) is 16.5. The normalized spacial score (nSPS) is 20.9. The largest absolute Gasteiger partial charge is 0.354 e. The molecule has 0 spiro atoms. The van der Waals surface area contributed by atoms with Crippen LogP contribution in [0.15, 0.2) is 42.6 Å². The van der Waals surface area contributed by atoms with Crippen molar-refractivity contribution in [3.8, 4) is 0 Å². The van der Waals surface area contributed by atoms with Crippen molar-refractivity contribution in [2.45, 2.75) is 12.5 Å². The molecule has 4 rings (SSSR count). The van der Waals surface area contributed by atoms with Gasteiger partial charge >= 0.3 is 0 Å². The maximum Gasteiger partial charge on any atom is 0.253 e. The molecule has 2 saturated heterocycles. The van der Waals surface area contributed by atoms with Gasteiger partial charge in [0.2, 0.25) is 0 Å². The van der Waals surface area contributed by atoms with Crippen molar-refractivity contribution in [1.29, 1.82) is 0 Å². The second-order valence-corrected chi connectivity index (χ2v) is 7.93. The number of hydrogen-bond donors (Lipinski definition) is 0. The second-order valence-electron chi connectivity index (χ2n) is 7.06. The molecular formula is C20H22Cl2N4O. The average molecular weight is 405 g/mol. The first kappa shape index (κ1) is 18.5. The standard InChI is InChI=1S/C20H22Cl2N4O/c21-16-3-1-15(2-4-16)20(27)26-8-7-18(14-26)24-9-11-25(12-10-24)19-6-5-17(22)13-23-19/h1-6,13,18H,7-12,14H2. The van der Waals surface area contributed by atoms with Crippen molar-refractivity contribution in [1.82, 2.24) is 14.8 Å². The van der Waals surface area contributed by atoms with Gasteiger partial charge < -0.3 is 9.80 Å². The van der Waals surface area contributed by atoms with Gasteiger partial charge in [0.25, 0.3) is 5.91 Å². The van der Waals surface area contributed by atoms with Crippen LogP contribution in [0.2, 0.25) is 10.0 Å². The molecule has 0 bridgehead atoms. The maximum absolute atomic E-state index is 12.7. The molecule has 5 nitrogen and oxygen atoms in total. The quantitative estimate of drug-likeness (QED) is 0.785. The van der Waals surface area contributed by atoms with Crippen LogP contribution in [0.25, 0.3) is 0 Å². The molecule has 1 atom stereocenters. The maximum atomic E-state index is 12.7. The van der Waals surface area contributed by atoms with E-state index in [4.69, 9.17) is 23.2 Å². The lowest BCUT2D eigenvalue weighted by Gasteiger charge is -2.38. The Hall–Kier alpha value is -1.82. The molecule has 2 aromatic rings. The molecule has 2 aliphatic heterocycles. The van der Waals surface area contributed by atoms with Crippen LogP contribution in [0.4, 0.5) is 5.82 Å². The van der Waals surface area contributed by atoms with Crippen LogP contribution in [0.3, 0.4) is 0 Å². The van der Waals surface area contributed by atoms with Crippen molar-refractivity contribution in [2.75, 3.05) is 44.2 Å². The molecule has 27 heavy (non-hydrogen) atoms. The van der Waals surface area contributed by atoms with E-state index in [-0.39, 0.29) is 5.91 Å². The zero-order chi connectivity index (χ0) is 18.8. The lowest BCUT2D eigenvalue weighted by molar-refractivity contribution is 0.0775. The van der Waals surface area contributed by atoms with Crippen LogP contribution in [-0.2, 0) is 0 Å².